The minimum absolute atomic E-state index is 0. The lowest BCUT2D eigenvalue weighted by Crippen LogP contribution is -3.00. The van der Waals surface area contributed by atoms with Crippen LogP contribution in [0.1, 0.15) is 91.9 Å². The summed E-state index contributed by atoms with van der Waals surface area (Å²) in [6, 6.07) is 0. The number of terminal acetylenes is 1. The SMILES string of the molecule is C#CC[N+](CCCCCCC)(CCCCCCC)CC1(I)C(C)=CC=CC1C.[Cl-]. The van der Waals surface area contributed by atoms with Gasteiger partial charge in [0.1, 0.15) is 6.54 Å². The number of alkyl halides is 1. The van der Waals surface area contributed by atoms with E-state index in [1.165, 1.54) is 89.4 Å². The Morgan fingerprint density at radius 1 is 1.00 bits per heavy atom. The molecule has 1 rings (SSSR count). The van der Waals surface area contributed by atoms with E-state index in [9.17, 15) is 0 Å². The average molecular weight is 534 g/mol. The van der Waals surface area contributed by atoms with Gasteiger partial charge >= 0.3 is 0 Å². The van der Waals surface area contributed by atoms with Gasteiger partial charge in [-0.05, 0) is 44.4 Å². The lowest BCUT2D eigenvalue weighted by molar-refractivity contribution is -0.923. The van der Waals surface area contributed by atoms with Gasteiger partial charge in [0.25, 0.3) is 0 Å². The Morgan fingerprint density at radius 2 is 1.52 bits per heavy atom. The Bertz CT molecular complexity index is 519. The predicted octanol–water partition coefficient (Wildman–Crippen LogP) is 4.71. The third-order valence-electron chi connectivity index (χ3n) is 6.59. The van der Waals surface area contributed by atoms with Crippen molar-refractivity contribution in [3.05, 3.63) is 23.8 Å². The van der Waals surface area contributed by atoms with Gasteiger partial charge in [-0.15, -0.1) is 6.42 Å². The van der Waals surface area contributed by atoms with Gasteiger partial charge in [0.05, 0.1) is 23.1 Å². The van der Waals surface area contributed by atoms with Crippen LogP contribution < -0.4 is 12.4 Å². The summed E-state index contributed by atoms with van der Waals surface area (Å²) in [6.45, 7) is 13.8. The summed E-state index contributed by atoms with van der Waals surface area (Å²) in [5, 5.41) is 0. The Morgan fingerprint density at radius 3 is 1.97 bits per heavy atom. The first-order valence-corrected chi connectivity index (χ1v) is 12.8. The molecule has 0 fully saturated rings. The van der Waals surface area contributed by atoms with Crippen LogP contribution >= 0.6 is 22.6 Å². The van der Waals surface area contributed by atoms with E-state index in [2.05, 4.69) is 74.4 Å². The molecule has 1 nitrogen and oxygen atoms in total. The second-order valence-corrected chi connectivity index (χ2v) is 10.9. The number of rotatable bonds is 15. The molecule has 0 bridgehead atoms. The minimum Gasteiger partial charge on any atom is -1.00 e. The van der Waals surface area contributed by atoms with Crippen LogP contribution in [-0.4, -0.2) is 34.1 Å². The van der Waals surface area contributed by atoms with E-state index in [1.807, 2.05) is 0 Å². The van der Waals surface area contributed by atoms with E-state index in [0.29, 0.717) is 5.92 Å². The van der Waals surface area contributed by atoms with E-state index >= 15 is 0 Å². The van der Waals surface area contributed by atoms with Crippen molar-refractivity contribution in [2.75, 3.05) is 26.2 Å². The van der Waals surface area contributed by atoms with Crippen molar-refractivity contribution in [3.63, 3.8) is 0 Å². The van der Waals surface area contributed by atoms with E-state index in [-0.39, 0.29) is 15.8 Å². The number of quaternary nitrogens is 1. The molecule has 29 heavy (non-hydrogen) atoms. The molecule has 0 aromatic heterocycles. The van der Waals surface area contributed by atoms with Crippen molar-refractivity contribution in [3.8, 4) is 12.3 Å². The minimum atomic E-state index is 0. The Balaban J connectivity index is 0.00000784. The first-order chi connectivity index (χ1) is 13.4. The van der Waals surface area contributed by atoms with Crippen molar-refractivity contribution in [1.82, 2.24) is 0 Å². The number of hydrogen-bond donors (Lipinski definition) is 0. The molecule has 0 spiro atoms. The van der Waals surface area contributed by atoms with Gasteiger partial charge in [-0.25, -0.2) is 0 Å². The summed E-state index contributed by atoms with van der Waals surface area (Å²) in [5.74, 6) is 3.64. The molecule has 2 unspecified atom stereocenters. The lowest BCUT2D eigenvalue weighted by atomic mass is 9.82. The molecule has 3 heteroatoms. The zero-order valence-corrected chi connectivity index (χ0v) is 22.4. The van der Waals surface area contributed by atoms with Crippen LogP contribution in [0.25, 0.3) is 0 Å². The van der Waals surface area contributed by atoms with E-state index in [1.54, 1.807) is 0 Å². The number of unbranched alkanes of at least 4 members (excludes halogenated alkanes) is 8. The van der Waals surface area contributed by atoms with Crippen LogP contribution in [0.2, 0.25) is 0 Å². The van der Waals surface area contributed by atoms with E-state index < -0.39 is 0 Å². The van der Waals surface area contributed by atoms with Crippen LogP contribution in [-0.2, 0) is 0 Å². The van der Waals surface area contributed by atoms with Crippen molar-refractivity contribution in [2.24, 2.45) is 5.92 Å². The maximum atomic E-state index is 5.94. The third-order valence-corrected chi connectivity index (χ3v) is 8.76. The molecular formula is C26H45ClIN. The van der Waals surface area contributed by atoms with Crippen molar-refractivity contribution in [2.45, 2.75) is 95.3 Å². The standard InChI is InChI=1S/C26H45IN.ClH/c1-6-9-11-13-15-21-28(20-8-3,22-16-14-12-10-7-2)23-26(27)24(4)18-17-19-25(26)5;/h3,17-19,24H,6-7,9-16,20-23H2,1-2,4-5H3;1H/q+1;/p-1. The highest BCUT2D eigenvalue weighted by atomic mass is 127. The highest BCUT2D eigenvalue weighted by Crippen LogP contribution is 2.41. The highest BCUT2D eigenvalue weighted by Gasteiger charge is 2.43. The van der Waals surface area contributed by atoms with Gasteiger partial charge in [-0.1, -0.05) is 106 Å². The van der Waals surface area contributed by atoms with Crippen molar-refractivity contribution in [1.29, 1.82) is 0 Å². The molecule has 0 aliphatic heterocycles. The molecule has 0 N–H and O–H groups in total. The van der Waals surface area contributed by atoms with E-state index in [4.69, 9.17) is 6.42 Å². The maximum Gasteiger partial charge on any atom is 0.140 e. The molecule has 168 valence electrons. The van der Waals surface area contributed by atoms with Gasteiger partial charge in [0.2, 0.25) is 0 Å². The lowest BCUT2D eigenvalue weighted by Gasteiger charge is -2.46. The van der Waals surface area contributed by atoms with Crippen LogP contribution in [0.4, 0.5) is 0 Å². The molecule has 2 atom stereocenters. The van der Waals surface area contributed by atoms with Crippen molar-refractivity contribution >= 4 is 22.6 Å². The smallest absolute Gasteiger partial charge is 0.140 e. The van der Waals surface area contributed by atoms with Crippen LogP contribution in [0.3, 0.4) is 0 Å². The second-order valence-electron chi connectivity index (χ2n) is 9.02. The van der Waals surface area contributed by atoms with Gasteiger partial charge in [0.15, 0.2) is 0 Å². The topological polar surface area (TPSA) is 0 Å². The Labute approximate surface area is 202 Å². The number of allylic oxidation sites excluding steroid dienone is 3. The zero-order chi connectivity index (χ0) is 20.9. The maximum absolute atomic E-state index is 5.94. The predicted molar refractivity (Wildman–Crippen MR) is 135 cm³/mol. The number of halogens is 2. The quantitative estimate of drug-likeness (QED) is 0.0940. The fourth-order valence-electron chi connectivity index (χ4n) is 4.55. The largest absolute Gasteiger partial charge is 1.00 e. The molecule has 0 saturated heterocycles. The summed E-state index contributed by atoms with van der Waals surface area (Å²) in [7, 11) is 0. The number of hydrogen-bond acceptors (Lipinski definition) is 0. The van der Waals surface area contributed by atoms with Gasteiger partial charge in [0, 0.05) is 0 Å². The summed E-state index contributed by atoms with van der Waals surface area (Å²) in [5.41, 5.74) is 1.51. The van der Waals surface area contributed by atoms with Gasteiger partial charge in [-0.2, -0.15) is 0 Å². The molecule has 0 radical (unpaired) electrons. The average Bonchev–Trinajstić information content (AvgIpc) is 2.66. The van der Waals surface area contributed by atoms with Crippen LogP contribution in [0.5, 0.6) is 0 Å². The van der Waals surface area contributed by atoms with Crippen LogP contribution in [0, 0.1) is 18.3 Å². The fourth-order valence-corrected chi connectivity index (χ4v) is 5.66. The number of nitrogens with zero attached hydrogens (tertiary/aromatic N) is 1. The zero-order valence-electron chi connectivity index (χ0n) is 19.5. The molecule has 0 saturated carbocycles. The summed E-state index contributed by atoms with van der Waals surface area (Å²) >= 11 is 2.75. The molecule has 1 aliphatic rings. The van der Waals surface area contributed by atoms with Gasteiger partial charge in [-0.3, -0.25) is 0 Å². The van der Waals surface area contributed by atoms with Crippen LogP contribution in [0.15, 0.2) is 23.8 Å². The highest BCUT2D eigenvalue weighted by molar-refractivity contribution is 14.1. The molecule has 0 aromatic rings. The summed E-state index contributed by atoms with van der Waals surface area (Å²) in [6.07, 6.45) is 26.3. The normalized spacial score (nSPS) is 21.4. The Kier molecular flexibility index (Phi) is 15.8. The summed E-state index contributed by atoms with van der Waals surface area (Å²) in [4.78, 5) is 0. The molecule has 0 amide bonds. The summed E-state index contributed by atoms with van der Waals surface area (Å²) < 4.78 is 1.30. The van der Waals surface area contributed by atoms with Crippen molar-refractivity contribution < 1.29 is 16.9 Å². The molecule has 0 heterocycles. The molecular weight excluding hydrogens is 489 g/mol. The fraction of sp³-hybridized carbons (Fsp3) is 0.769. The first kappa shape index (κ1) is 29.0. The monoisotopic (exact) mass is 533 g/mol. The molecule has 1 aliphatic carbocycles. The Hall–Kier alpha value is 0.0200. The third kappa shape index (κ3) is 9.79. The second kappa shape index (κ2) is 15.8. The first-order valence-electron chi connectivity index (χ1n) is 11.8. The van der Waals surface area contributed by atoms with E-state index in [0.717, 1.165) is 11.0 Å². The molecule has 0 aromatic carbocycles. The van der Waals surface area contributed by atoms with Gasteiger partial charge < -0.3 is 16.9 Å².